The van der Waals surface area contributed by atoms with Crippen molar-refractivity contribution in [2.45, 2.75) is 26.5 Å². The Bertz CT molecular complexity index is 338. The topological polar surface area (TPSA) is 64.3 Å². The lowest BCUT2D eigenvalue weighted by Gasteiger charge is -2.11. The van der Waals surface area contributed by atoms with Gasteiger partial charge in [0, 0.05) is 30.0 Å². The van der Waals surface area contributed by atoms with E-state index in [4.69, 9.17) is 10.5 Å². The van der Waals surface area contributed by atoms with Crippen LogP contribution in [0.15, 0.2) is 11.4 Å². The largest absolute Gasteiger partial charge is 0.377 e. The van der Waals surface area contributed by atoms with Crippen LogP contribution >= 0.6 is 11.3 Å². The van der Waals surface area contributed by atoms with Gasteiger partial charge in [-0.2, -0.15) is 0 Å². The van der Waals surface area contributed by atoms with Gasteiger partial charge in [-0.25, -0.2) is 0 Å². The van der Waals surface area contributed by atoms with Gasteiger partial charge in [0.2, 0.25) is 5.91 Å². The summed E-state index contributed by atoms with van der Waals surface area (Å²) in [5, 5.41) is 5.05. The maximum absolute atomic E-state index is 10.9. The Morgan fingerprint density at radius 2 is 2.44 bits per heavy atom. The standard InChI is InChI=1S/C11H18N2O2S/c1-3-15-8(2)5-13-6-10-4-9(7-16-10)11(12)14/h4,7-8,13H,3,5-6H2,1-2H3,(H2,12,14). The molecule has 90 valence electrons. The predicted molar refractivity (Wildman–Crippen MR) is 65.6 cm³/mol. The summed E-state index contributed by atoms with van der Waals surface area (Å²) in [7, 11) is 0. The fraction of sp³-hybridized carbons (Fsp3) is 0.545. The number of primary amides is 1. The highest BCUT2D eigenvalue weighted by molar-refractivity contribution is 7.10. The summed E-state index contributed by atoms with van der Waals surface area (Å²) in [6.45, 7) is 6.29. The van der Waals surface area contributed by atoms with Crippen LogP contribution in [-0.2, 0) is 11.3 Å². The van der Waals surface area contributed by atoms with Crippen molar-refractivity contribution in [1.29, 1.82) is 0 Å². The molecular weight excluding hydrogens is 224 g/mol. The summed E-state index contributed by atoms with van der Waals surface area (Å²) in [5.74, 6) is -0.370. The number of hydrogen-bond acceptors (Lipinski definition) is 4. The molecule has 1 unspecified atom stereocenters. The second kappa shape index (κ2) is 6.62. The van der Waals surface area contributed by atoms with Gasteiger partial charge in [0.25, 0.3) is 0 Å². The van der Waals surface area contributed by atoms with E-state index in [-0.39, 0.29) is 12.0 Å². The van der Waals surface area contributed by atoms with Crippen molar-refractivity contribution in [2.75, 3.05) is 13.2 Å². The van der Waals surface area contributed by atoms with E-state index in [9.17, 15) is 4.79 Å². The Kier molecular flexibility index (Phi) is 5.45. The number of rotatable bonds is 7. The second-order valence-corrected chi connectivity index (χ2v) is 4.56. The highest BCUT2D eigenvalue weighted by atomic mass is 32.1. The van der Waals surface area contributed by atoms with Crippen molar-refractivity contribution in [3.05, 3.63) is 21.9 Å². The quantitative estimate of drug-likeness (QED) is 0.759. The van der Waals surface area contributed by atoms with Gasteiger partial charge in [-0.3, -0.25) is 4.79 Å². The molecule has 1 aromatic heterocycles. The molecule has 16 heavy (non-hydrogen) atoms. The Morgan fingerprint density at radius 1 is 1.69 bits per heavy atom. The van der Waals surface area contributed by atoms with Gasteiger partial charge in [-0.05, 0) is 19.9 Å². The lowest BCUT2D eigenvalue weighted by Crippen LogP contribution is -2.26. The van der Waals surface area contributed by atoms with Crippen molar-refractivity contribution < 1.29 is 9.53 Å². The van der Waals surface area contributed by atoms with Gasteiger partial charge in [0.15, 0.2) is 0 Å². The van der Waals surface area contributed by atoms with Gasteiger partial charge in [0.05, 0.1) is 11.7 Å². The number of nitrogens with two attached hydrogens (primary N) is 1. The minimum Gasteiger partial charge on any atom is -0.377 e. The maximum Gasteiger partial charge on any atom is 0.249 e. The Balaban J connectivity index is 2.29. The molecule has 0 aliphatic carbocycles. The van der Waals surface area contributed by atoms with Crippen LogP contribution in [-0.4, -0.2) is 25.2 Å². The SMILES string of the molecule is CCOC(C)CNCc1cc(C(N)=O)cs1. The first-order chi connectivity index (χ1) is 7.63. The predicted octanol–water partition coefficient (Wildman–Crippen LogP) is 1.36. The fourth-order valence-corrected chi connectivity index (χ4v) is 2.19. The van der Waals surface area contributed by atoms with Crippen LogP contribution in [0.1, 0.15) is 29.1 Å². The fourth-order valence-electron chi connectivity index (χ4n) is 1.34. The number of thiophene rings is 1. The molecule has 1 heterocycles. The zero-order valence-corrected chi connectivity index (χ0v) is 10.5. The van der Waals surface area contributed by atoms with E-state index in [0.717, 1.165) is 24.6 Å². The third-order valence-electron chi connectivity index (χ3n) is 2.12. The summed E-state index contributed by atoms with van der Waals surface area (Å²) in [4.78, 5) is 12.0. The van der Waals surface area contributed by atoms with E-state index in [1.807, 2.05) is 19.9 Å². The first kappa shape index (κ1) is 13.2. The van der Waals surface area contributed by atoms with Crippen LogP contribution in [0.2, 0.25) is 0 Å². The molecule has 1 atom stereocenters. The van der Waals surface area contributed by atoms with Crippen LogP contribution in [0.3, 0.4) is 0 Å². The zero-order chi connectivity index (χ0) is 12.0. The minimum absolute atomic E-state index is 0.209. The molecular formula is C11H18N2O2S. The first-order valence-corrected chi connectivity index (χ1v) is 6.21. The third kappa shape index (κ3) is 4.30. The average Bonchev–Trinajstić information content (AvgIpc) is 2.67. The number of ether oxygens (including phenoxy) is 1. The molecule has 0 aromatic carbocycles. The van der Waals surface area contributed by atoms with Gasteiger partial charge >= 0.3 is 0 Å². The van der Waals surface area contributed by atoms with E-state index in [1.165, 1.54) is 11.3 Å². The molecule has 0 saturated heterocycles. The van der Waals surface area contributed by atoms with Crippen molar-refractivity contribution in [3.63, 3.8) is 0 Å². The van der Waals surface area contributed by atoms with Crippen LogP contribution < -0.4 is 11.1 Å². The summed E-state index contributed by atoms with van der Waals surface area (Å²) < 4.78 is 5.39. The van der Waals surface area contributed by atoms with Crippen molar-refractivity contribution in [2.24, 2.45) is 5.73 Å². The van der Waals surface area contributed by atoms with Gasteiger partial charge in [-0.1, -0.05) is 0 Å². The molecule has 3 N–H and O–H groups in total. The Morgan fingerprint density at radius 3 is 3.00 bits per heavy atom. The Hall–Kier alpha value is -0.910. The van der Waals surface area contributed by atoms with E-state index in [1.54, 1.807) is 5.38 Å². The smallest absolute Gasteiger partial charge is 0.249 e. The van der Waals surface area contributed by atoms with Gasteiger partial charge in [-0.15, -0.1) is 11.3 Å². The van der Waals surface area contributed by atoms with Crippen molar-refractivity contribution in [1.82, 2.24) is 5.32 Å². The molecule has 1 aromatic rings. The molecule has 0 fully saturated rings. The number of carbonyl (C=O) groups excluding carboxylic acids is 1. The average molecular weight is 242 g/mol. The van der Waals surface area contributed by atoms with Crippen LogP contribution in [0.5, 0.6) is 0 Å². The monoisotopic (exact) mass is 242 g/mol. The molecule has 1 rings (SSSR count). The molecule has 0 radical (unpaired) electrons. The minimum atomic E-state index is -0.370. The highest BCUT2D eigenvalue weighted by Crippen LogP contribution is 2.13. The Labute approximate surface area is 99.8 Å². The summed E-state index contributed by atoms with van der Waals surface area (Å²) in [6.07, 6.45) is 0.209. The van der Waals surface area contributed by atoms with Crippen LogP contribution in [0, 0.1) is 0 Å². The number of amides is 1. The van der Waals surface area contributed by atoms with Crippen LogP contribution in [0.25, 0.3) is 0 Å². The van der Waals surface area contributed by atoms with E-state index < -0.39 is 0 Å². The van der Waals surface area contributed by atoms with Crippen LogP contribution in [0.4, 0.5) is 0 Å². The summed E-state index contributed by atoms with van der Waals surface area (Å²) in [5.41, 5.74) is 5.75. The normalized spacial score (nSPS) is 12.6. The molecule has 0 bridgehead atoms. The maximum atomic E-state index is 10.9. The van der Waals surface area contributed by atoms with E-state index in [2.05, 4.69) is 5.32 Å². The summed E-state index contributed by atoms with van der Waals surface area (Å²) in [6, 6.07) is 1.82. The molecule has 5 heteroatoms. The lowest BCUT2D eigenvalue weighted by atomic mass is 10.3. The highest BCUT2D eigenvalue weighted by Gasteiger charge is 2.05. The first-order valence-electron chi connectivity index (χ1n) is 5.33. The molecule has 4 nitrogen and oxygen atoms in total. The molecule has 0 saturated carbocycles. The second-order valence-electron chi connectivity index (χ2n) is 3.56. The zero-order valence-electron chi connectivity index (χ0n) is 9.66. The summed E-state index contributed by atoms with van der Waals surface area (Å²) >= 11 is 1.54. The third-order valence-corrected chi connectivity index (χ3v) is 3.06. The molecule has 1 amide bonds. The number of hydrogen-bond donors (Lipinski definition) is 2. The van der Waals surface area contributed by atoms with Crippen molar-refractivity contribution in [3.8, 4) is 0 Å². The number of nitrogens with one attached hydrogen (secondary N) is 1. The lowest BCUT2D eigenvalue weighted by molar-refractivity contribution is 0.0760. The van der Waals surface area contributed by atoms with Crippen molar-refractivity contribution >= 4 is 17.2 Å². The van der Waals surface area contributed by atoms with E-state index >= 15 is 0 Å². The van der Waals surface area contributed by atoms with E-state index in [0.29, 0.717) is 5.56 Å². The molecule has 0 aliphatic rings. The van der Waals surface area contributed by atoms with Gasteiger partial charge in [0.1, 0.15) is 0 Å². The molecule has 0 aliphatic heterocycles. The number of carbonyl (C=O) groups is 1. The molecule has 0 spiro atoms. The van der Waals surface area contributed by atoms with Gasteiger partial charge < -0.3 is 15.8 Å².